The smallest absolute Gasteiger partial charge is 0.125 e. The van der Waals surface area contributed by atoms with Crippen LogP contribution in [-0.4, -0.2) is 6.54 Å². The number of rotatable bonds is 5. The van der Waals surface area contributed by atoms with Crippen molar-refractivity contribution in [3.8, 4) is 0 Å². The molecular formula is C14H19FN2. The molecule has 92 valence electrons. The summed E-state index contributed by atoms with van der Waals surface area (Å²) in [7, 11) is 0. The average molecular weight is 234 g/mol. The van der Waals surface area contributed by atoms with E-state index in [-0.39, 0.29) is 5.82 Å². The van der Waals surface area contributed by atoms with Gasteiger partial charge in [0, 0.05) is 6.54 Å². The molecule has 3 rings (SSSR count). The molecule has 2 nitrogen and oxygen atoms in total. The van der Waals surface area contributed by atoms with Crippen LogP contribution in [0.4, 0.5) is 15.8 Å². The van der Waals surface area contributed by atoms with Crippen LogP contribution in [0.2, 0.25) is 0 Å². The molecule has 1 aromatic rings. The third kappa shape index (κ3) is 2.54. The molecule has 0 radical (unpaired) electrons. The Balaban J connectivity index is 1.63. The molecule has 0 amide bonds. The largest absolute Gasteiger partial charge is 0.397 e. The van der Waals surface area contributed by atoms with Crippen LogP contribution in [0.25, 0.3) is 0 Å². The van der Waals surface area contributed by atoms with Crippen LogP contribution in [0, 0.1) is 23.6 Å². The molecule has 0 heterocycles. The number of hydrogen-bond donors (Lipinski definition) is 2. The SMILES string of the molecule is Nc1ccc(F)cc1NCC(C1CC1)C1CC1. The van der Waals surface area contributed by atoms with Crippen LogP contribution in [0.3, 0.4) is 0 Å². The van der Waals surface area contributed by atoms with Crippen LogP contribution in [-0.2, 0) is 0 Å². The zero-order chi connectivity index (χ0) is 11.8. The normalized spacial score (nSPS) is 19.6. The standard InChI is InChI=1S/C14H19FN2/c15-11-5-6-13(16)14(7-11)17-8-12(9-1-2-9)10-3-4-10/h5-7,9-10,12,17H,1-4,8,16H2. The van der Waals surface area contributed by atoms with Crippen molar-refractivity contribution in [3.63, 3.8) is 0 Å². The van der Waals surface area contributed by atoms with Crippen LogP contribution >= 0.6 is 0 Å². The van der Waals surface area contributed by atoms with Gasteiger partial charge in [-0.1, -0.05) is 0 Å². The Bertz CT molecular complexity index is 399. The van der Waals surface area contributed by atoms with Gasteiger partial charge < -0.3 is 11.1 Å². The Labute approximate surface area is 101 Å². The van der Waals surface area contributed by atoms with E-state index in [2.05, 4.69) is 5.32 Å². The molecule has 0 aromatic heterocycles. The number of halogens is 1. The number of benzene rings is 1. The van der Waals surface area contributed by atoms with Gasteiger partial charge in [0.15, 0.2) is 0 Å². The molecule has 2 saturated carbocycles. The molecule has 0 saturated heterocycles. The van der Waals surface area contributed by atoms with Crippen molar-refractivity contribution < 1.29 is 4.39 Å². The summed E-state index contributed by atoms with van der Waals surface area (Å²) >= 11 is 0. The second kappa shape index (κ2) is 4.21. The van der Waals surface area contributed by atoms with Crippen molar-refractivity contribution in [2.75, 3.05) is 17.6 Å². The van der Waals surface area contributed by atoms with Crippen LogP contribution in [0.5, 0.6) is 0 Å². The zero-order valence-corrected chi connectivity index (χ0v) is 9.95. The van der Waals surface area contributed by atoms with Gasteiger partial charge in [-0.3, -0.25) is 0 Å². The lowest BCUT2D eigenvalue weighted by molar-refractivity contribution is 0.428. The highest BCUT2D eigenvalue weighted by Crippen LogP contribution is 2.49. The topological polar surface area (TPSA) is 38.0 Å². The lowest BCUT2D eigenvalue weighted by Gasteiger charge is -2.18. The first-order valence-electron chi connectivity index (χ1n) is 6.53. The van der Waals surface area contributed by atoms with Crippen LogP contribution in [0.1, 0.15) is 25.7 Å². The minimum Gasteiger partial charge on any atom is -0.397 e. The maximum absolute atomic E-state index is 13.1. The number of nitrogen functional groups attached to an aromatic ring is 1. The Morgan fingerprint density at radius 3 is 2.47 bits per heavy atom. The summed E-state index contributed by atoms with van der Waals surface area (Å²) in [6, 6.07) is 4.52. The fraction of sp³-hybridized carbons (Fsp3) is 0.571. The maximum atomic E-state index is 13.1. The quantitative estimate of drug-likeness (QED) is 0.767. The molecule has 1 aromatic carbocycles. The van der Waals surface area contributed by atoms with E-state index in [9.17, 15) is 4.39 Å². The van der Waals surface area contributed by atoms with Crippen molar-refractivity contribution in [2.45, 2.75) is 25.7 Å². The van der Waals surface area contributed by atoms with E-state index in [0.29, 0.717) is 5.69 Å². The molecule has 0 atom stereocenters. The van der Waals surface area contributed by atoms with Crippen molar-refractivity contribution >= 4 is 11.4 Å². The minimum absolute atomic E-state index is 0.226. The van der Waals surface area contributed by atoms with E-state index in [4.69, 9.17) is 5.73 Å². The predicted octanol–water partition coefficient (Wildman–Crippen LogP) is 3.26. The first kappa shape index (κ1) is 10.9. The van der Waals surface area contributed by atoms with Gasteiger partial charge in [0.2, 0.25) is 0 Å². The van der Waals surface area contributed by atoms with Gasteiger partial charge in [0.05, 0.1) is 11.4 Å². The minimum atomic E-state index is -0.226. The molecule has 17 heavy (non-hydrogen) atoms. The first-order chi connectivity index (χ1) is 8.24. The average Bonchev–Trinajstić information content (AvgIpc) is 3.14. The summed E-state index contributed by atoms with van der Waals surface area (Å²) in [5.74, 6) is 2.36. The van der Waals surface area contributed by atoms with Gasteiger partial charge in [-0.15, -0.1) is 0 Å². The molecule has 0 bridgehead atoms. The summed E-state index contributed by atoms with van der Waals surface area (Å²) in [5.41, 5.74) is 7.21. The molecule has 3 N–H and O–H groups in total. The van der Waals surface area contributed by atoms with Crippen LogP contribution in [0.15, 0.2) is 18.2 Å². The third-order valence-electron chi connectivity index (χ3n) is 4.00. The van der Waals surface area contributed by atoms with Gasteiger partial charge in [-0.05, 0) is 61.6 Å². The first-order valence-corrected chi connectivity index (χ1v) is 6.53. The predicted molar refractivity (Wildman–Crippen MR) is 68.2 cm³/mol. The fourth-order valence-electron chi connectivity index (χ4n) is 2.68. The number of nitrogens with two attached hydrogens (primary N) is 1. The molecule has 0 aliphatic heterocycles. The van der Waals surface area contributed by atoms with Gasteiger partial charge in [0.1, 0.15) is 5.82 Å². The van der Waals surface area contributed by atoms with Crippen molar-refractivity contribution in [1.82, 2.24) is 0 Å². The van der Waals surface area contributed by atoms with Crippen molar-refractivity contribution in [3.05, 3.63) is 24.0 Å². The van der Waals surface area contributed by atoms with Crippen molar-refractivity contribution in [1.29, 1.82) is 0 Å². The molecular weight excluding hydrogens is 215 g/mol. The molecule has 3 heteroatoms. The molecule has 0 unspecified atom stereocenters. The Kier molecular flexibility index (Phi) is 2.69. The van der Waals surface area contributed by atoms with Crippen molar-refractivity contribution in [2.24, 2.45) is 17.8 Å². The Morgan fingerprint density at radius 1 is 1.24 bits per heavy atom. The Morgan fingerprint density at radius 2 is 1.88 bits per heavy atom. The second-order valence-corrected chi connectivity index (χ2v) is 5.45. The lowest BCUT2D eigenvalue weighted by Crippen LogP contribution is -2.18. The second-order valence-electron chi connectivity index (χ2n) is 5.45. The monoisotopic (exact) mass is 234 g/mol. The number of nitrogens with one attached hydrogen (secondary N) is 1. The summed E-state index contributed by atoms with van der Waals surface area (Å²) in [5, 5.41) is 3.33. The van der Waals surface area contributed by atoms with Gasteiger partial charge in [-0.25, -0.2) is 4.39 Å². The van der Waals surface area contributed by atoms with E-state index < -0.39 is 0 Å². The zero-order valence-electron chi connectivity index (χ0n) is 9.95. The summed E-state index contributed by atoms with van der Waals surface area (Å²) in [6.45, 7) is 0.947. The summed E-state index contributed by atoms with van der Waals surface area (Å²) in [6.07, 6.45) is 5.51. The van der Waals surface area contributed by atoms with Gasteiger partial charge in [0.25, 0.3) is 0 Å². The molecule has 2 aliphatic carbocycles. The highest BCUT2D eigenvalue weighted by molar-refractivity contribution is 5.65. The van der Waals surface area contributed by atoms with E-state index in [0.717, 1.165) is 30.0 Å². The third-order valence-corrected chi connectivity index (χ3v) is 4.00. The lowest BCUT2D eigenvalue weighted by atomic mass is 9.98. The van der Waals surface area contributed by atoms with Crippen LogP contribution < -0.4 is 11.1 Å². The van der Waals surface area contributed by atoms with E-state index in [1.807, 2.05) is 0 Å². The number of anilines is 2. The highest BCUT2D eigenvalue weighted by Gasteiger charge is 2.40. The van der Waals surface area contributed by atoms with E-state index in [1.165, 1.54) is 37.8 Å². The Hall–Kier alpha value is -1.25. The number of hydrogen-bond acceptors (Lipinski definition) is 2. The fourth-order valence-corrected chi connectivity index (χ4v) is 2.68. The summed E-state index contributed by atoms with van der Waals surface area (Å²) < 4.78 is 13.1. The van der Waals surface area contributed by atoms with E-state index >= 15 is 0 Å². The molecule has 2 fully saturated rings. The van der Waals surface area contributed by atoms with Gasteiger partial charge >= 0.3 is 0 Å². The highest BCUT2D eigenvalue weighted by atomic mass is 19.1. The molecule has 0 spiro atoms. The van der Waals surface area contributed by atoms with E-state index in [1.54, 1.807) is 6.07 Å². The summed E-state index contributed by atoms with van der Waals surface area (Å²) in [4.78, 5) is 0. The van der Waals surface area contributed by atoms with Gasteiger partial charge in [-0.2, -0.15) is 0 Å². The molecule has 2 aliphatic rings. The maximum Gasteiger partial charge on any atom is 0.125 e.